The molecule has 2 aromatic rings. The van der Waals surface area contributed by atoms with Gasteiger partial charge in [0.1, 0.15) is 0 Å². The number of alkyl halides is 3. The molecule has 1 aromatic carbocycles. The van der Waals surface area contributed by atoms with Crippen molar-refractivity contribution in [2.75, 3.05) is 25.4 Å². The molecule has 128 valence electrons. The molecule has 1 aromatic heterocycles. The van der Waals surface area contributed by atoms with E-state index in [4.69, 9.17) is 5.73 Å². The first-order valence-corrected chi connectivity index (χ1v) is 8.54. The van der Waals surface area contributed by atoms with Gasteiger partial charge >= 0.3 is 6.18 Å². The van der Waals surface area contributed by atoms with Crippen molar-refractivity contribution < 1.29 is 13.2 Å². The molecule has 0 bridgehead atoms. The van der Waals surface area contributed by atoms with Crippen LogP contribution in [0.2, 0.25) is 0 Å². The first-order valence-electron chi connectivity index (χ1n) is 7.72. The normalized spacial score (nSPS) is 16.3. The SMILES string of the molecule is Nc1nc2c(s1)CCN(C/C=C/c1ccccc1C(F)(F)F)CC2. The van der Waals surface area contributed by atoms with Crippen LogP contribution in [0, 0.1) is 0 Å². The van der Waals surface area contributed by atoms with E-state index in [-0.39, 0.29) is 5.56 Å². The Hall–Kier alpha value is -1.86. The van der Waals surface area contributed by atoms with E-state index < -0.39 is 11.7 Å². The van der Waals surface area contributed by atoms with Crippen LogP contribution >= 0.6 is 11.3 Å². The third-order valence-electron chi connectivity index (χ3n) is 4.04. The predicted octanol–water partition coefficient (Wildman–Crippen LogP) is 3.86. The van der Waals surface area contributed by atoms with Gasteiger partial charge in [0.05, 0.1) is 11.3 Å². The number of halogens is 3. The van der Waals surface area contributed by atoms with Crippen molar-refractivity contribution in [2.24, 2.45) is 0 Å². The second-order valence-corrected chi connectivity index (χ2v) is 6.83. The maximum absolute atomic E-state index is 13.0. The summed E-state index contributed by atoms with van der Waals surface area (Å²) >= 11 is 1.53. The Balaban J connectivity index is 1.63. The molecule has 1 aliphatic heterocycles. The topological polar surface area (TPSA) is 42.1 Å². The number of rotatable bonds is 3. The lowest BCUT2D eigenvalue weighted by Gasteiger charge is -2.17. The maximum atomic E-state index is 13.0. The van der Waals surface area contributed by atoms with Gasteiger partial charge in [-0.15, -0.1) is 11.3 Å². The fourth-order valence-corrected chi connectivity index (χ4v) is 3.71. The molecular formula is C17H18F3N3S. The van der Waals surface area contributed by atoms with E-state index in [1.54, 1.807) is 18.2 Å². The summed E-state index contributed by atoms with van der Waals surface area (Å²) in [6.07, 6.45) is 0.738. The van der Waals surface area contributed by atoms with E-state index in [2.05, 4.69) is 9.88 Å². The molecule has 3 rings (SSSR count). The summed E-state index contributed by atoms with van der Waals surface area (Å²) in [6, 6.07) is 5.63. The van der Waals surface area contributed by atoms with Gasteiger partial charge in [-0.3, -0.25) is 4.90 Å². The lowest BCUT2D eigenvalue weighted by Crippen LogP contribution is -2.26. The zero-order chi connectivity index (χ0) is 17.2. The molecule has 0 unspecified atom stereocenters. The number of hydrogen-bond donors (Lipinski definition) is 1. The second-order valence-electron chi connectivity index (χ2n) is 5.71. The van der Waals surface area contributed by atoms with Gasteiger partial charge in [-0.2, -0.15) is 13.2 Å². The summed E-state index contributed by atoms with van der Waals surface area (Å²) in [7, 11) is 0. The fraction of sp³-hybridized carbons (Fsp3) is 0.353. The molecule has 1 aliphatic rings. The van der Waals surface area contributed by atoms with E-state index in [1.807, 2.05) is 0 Å². The quantitative estimate of drug-likeness (QED) is 0.911. The van der Waals surface area contributed by atoms with Gasteiger partial charge in [-0.25, -0.2) is 4.98 Å². The van der Waals surface area contributed by atoms with Gasteiger partial charge in [-0.1, -0.05) is 30.4 Å². The minimum absolute atomic E-state index is 0.202. The molecule has 0 fully saturated rings. The predicted molar refractivity (Wildman–Crippen MR) is 90.9 cm³/mol. The Labute approximate surface area is 142 Å². The number of anilines is 1. The second kappa shape index (κ2) is 6.94. The van der Waals surface area contributed by atoms with Crippen molar-refractivity contribution in [2.45, 2.75) is 19.0 Å². The Bertz CT molecular complexity index is 711. The van der Waals surface area contributed by atoms with Crippen LogP contribution in [0.4, 0.5) is 18.3 Å². The van der Waals surface area contributed by atoms with Crippen LogP contribution in [0.5, 0.6) is 0 Å². The first-order chi connectivity index (χ1) is 11.4. The van der Waals surface area contributed by atoms with Crippen molar-refractivity contribution in [1.29, 1.82) is 0 Å². The van der Waals surface area contributed by atoms with Gasteiger partial charge in [0.25, 0.3) is 0 Å². The zero-order valence-corrected chi connectivity index (χ0v) is 13.8. The number of nitrogens with zero attached hydrogens (tertiary/aromatic N) is 2. The maximum Gasteiger partial charge on any atom is 0.416 e. The Morgan fingerprint density at radius 3 is 2.75 bits per heavy atom. The van der Waals surface area contributed by atoms with Crippen LogP contribution in [-0.2, 0) is 19.0 Å². The fourth-order valence-electron chi connectivity index (χ4n) is 2.84. The highest BCUT2D eigenvalue weighted by Gasteiger charge is 2.32. The summed E-state index contributed by atoms with van der Waals surface area (Å²) in [5.41, 5.74) is 6.39. The highest BCUT2D eigenvalue weighted by Crippen LogP contribution is 2.32. The standard InChI is InChI=1S/C17H18F3N3S/c18-17(19,20)13-6-2-1-4-12(13)5-3-9-23-10-7-14-15(8-11-23)24-16(21)22-14/h1-6H,7-11H2,(H2,21,22)/b5-3+. The monoisotopic (exact) mass is 353 g/mol. The van der Waals surface area contributed by atoms with Gasteiger partial charge < -0.3 is 5.73 Å². The smallest absolute Gasteiger partial charge is 0.375 e. The first kappa shape index (κ1) is 17.0. The van der Waals surface area contributed by atoms with E-state index in [1.165, 1.54) is 28.3 Å². The number of aromatic nitrogens is 1. The van der Waals surface area contributed by atoms with Crippen molar-refractivity contribution in [3.63, 3.8) is 0 Å². The number of thiazole rings is 1. The molecule has 3 nitrogen and oxygen atoms in total. The average Bonchev–Trinajstić information content (AvgIpc) is 2.78. The minimum atomic E-state index is -4.33. The molecule has 0 amide bonds. The highest BCUT2D eigenvalue weighted by atomic mass is 32.1. The van der Waals surface area contributed by atoms with Gasteiger partial charge in [0.15, 0.2) is 5.13 Å². The summed E-state index contributed by atoms with van der Waals surface area (Å²) in [6.45, 7) is 2.32. The molecule has 0 aliphatic carbocycles. The van der Waals surface area contributed by atoms with E-state index >= 15 is 0 Å². The molecule has 2 N–H and O–H groups in total. The van der Waals surface area contributed by atoms with Crippen molar-refractivity contribution in [1.82, 2.24) is 9.88 Å². The van der Waals surface area contributed by atoms with E-state index in [9.17, 15) is 13.2 Å². The Morgan fingerprint density at radius 2 is 1.96 bits per heavy atom. The number of nitrogen functional groups attached to an aromatic ring is 1. The summed E-state index contributed by atoms with van der Waals surface area (Å²) in [5, 5.41) is 0.608. The molecule has 0 saturated heterocycles. The van der Waals surface area contributed by atoms with Crippen LogP contribution in [0.3, 0.4) is 0 Å². The zero-order valence-electron chi connectivity index (χ0n) is 13.0. The van der Waals surface area contributed by atoms with Gasteiger partial charge in [-0.05, 0) is 18.1 Å². The number of fused-ring (bicyclic) bond motifs is 1. The Kier molecular flexibility index (Phi) is 4.91. The largest absolute Gasteiger partial charge is 0.416 e. The molecule has 0 saturated carbocycles. The third kappa shape index (κ3) is 3.96. The molecular weight excluding hydrogens is 335 g/mol. The van der Waals surface area contributed by atoms with Crippen molar-refractivity contribution in [3.8, 4) is 0 Å². The van der Waals surface area contributed by atoms with Gasteiger partial charge in [0.2, 0.25) is 0 Å². The van der Waals surface area contributed by atoms with Crippen molar-refractivity contribution >= 4 is 22.5 Å². The van der Waals surface area contributed by atoms with Gasteiger partial charge in [0, 0.05) is 30.9 Å². The lowest BCUT2D eigenvalue weighted by atomic mass is 10.1. The summed E-state index contributed by atoms with van der Waals surface area (Å²) < 4.78 is 38.9. The lowest BCUT2D eigenvalue weighted by molar-refractivity contribution is -0.137. The van der Waals surface area contributed by atoms with Crippen molar-refractivity contribution in [3.05, 3.63) is 52.0 Å². The van der Waals surface area contributed by atoms with Crippen LogP contribution in [0.15, 0.2) is 30.3 Å². The molecule has 24 heavy (non-hydrogen) atoms. The number of benzene rings is 1. The Morgan fingerprint density at radius 1 is 1.21 bits per heavy atom. The van der Waals surface area contributed by atoms with Crippen LogP contribution in [-0.4, -0.2) is 29.5 Å². The molecule has 0 spiro atoms. The number of hydrogen-bond acceptors (Lipinski definition) is 4. The molecule has 7 heteroatoms. The number of nitrogens with two attached hydrogens (primary N) is 1. The average molecular weight is 353 g/mol. The highest BCUT2D eigenvalue weighted by molar-refractivity contribution is 7.15. The van der Waals surface area contributed by atoms with E-state index in [0.29, 0.717) is 11.7 Å². The molecule has 0 atom stereocenters. The summed E-state index contributed by atoms with van der Waals surface area (Å²) in [4.78, 5) is 7.78. The third-order valence-corrected chi connectivity index (χ3v) is 5.03. The van der Waals surface area contributed by atoms with E-state index in [0.717, 1.165) is 37.7 Å². The molecule has 0 radical (unpaired) electrons. The minimum Gasteiger partial charge on any atom is -0.375 e. The van der Waals surface area contributed by atoms with Crippen LogP contribution < -0.4 is 5.73 Å². The molecule has 2 heterocycles. The van der Waals surface area contributed by atoms with Crippen LogP contribution in [0.25, 0.3) is 6.08 Å². The summed E-state index contributed by atoms with van der Waals surface area (Å²) in [5.74, 6) is 0. The van der Waals surface area contributed by atoms with Crippen LogP contribution in [0.1, 0.15) is 21.7 Å².